The quantitative estimate of drug-likeness (QED) is 0.624. The highest BCUT2D eigenvalue weighted by molar-refractivity contribution is 6.30. The third-order valence-electron chi connectivity index (χ3n) is 5.10. The van der Waals surface area contributed by atoms with Gasteiger partial charge in [0.1, 0.15) is 11.5 Å². The van der Waals surface area contributed by atoms with Gasteiger partial charge >= 0.3 is 0 Å². The summed E-state index contributed by atoms with van der Waals surface area (Å²) >= 11 is 6.07. The molecule has 2 heterocycles. The minimum atomic E-state index is -0.699. The number of benzene rings is 2. The number of aromatic nitrogens is 1. The van der Waals surface area contributed by atoms with E-state index in [1.165, 1.54) is 36.5 Å². The average molecular weight is 440 g/mol. The van der Waals surface area contributed by atoms with Crippen LogP contribution in [-0.4, -0.2) is 28.4 Å². The molecule has 0 aliphatic carbocycles. The fraction of sp³-hybridized carbons (Fsp3) is 0.174. The number of anilines is 2. The first-order chi connectivity index (χ1) is 14.9. The van der Waals surface area contributed by atoms with Crippen LogP contribution in [0.5, 0.6) is 0 Å². The van der Waals surface area contributed by atoms with Gasteiger partial charge in [-0.15, -0.1) is 0 Å². The third kappa shape index (κ3) is 4.42. The van der Waals surface area contributed by atoms with Crippen LogP contribution in [-0.2, 0) is 0 Å². The molecule has 6 nitrogen and oxygen atoms in total. The van der Waals surface area contributed by atoms with Crippen LogP contribution in [0.15, 0.2) is 60.8 Å². The third-order valence-corrected chi connectivity index (χ3v) is 5.34. The molecule has 0 saturated heterocycles. The highest BCUT2D eigenvalue weighted by Crippen LogP contribution is 2.35. The lowest BCUT2D eigenvalue weighted by molar-refractivity contribution is 0.0981. The maximum Gasteiger partial charge on any atom is 0.276 e. The summed E-state index contributed by atoms with van der Waals surface area (Å²) in [5.74, 6) is -1.56. The first-order valence-corrected chi connectivity index (χ1v) is 10.1. The SMILES string of the molecule is O=C(Nc1ccc(C(=O)N2CCCC(O)c3cc(Cl)ccc32)nc1)c1ccccc1F. The Bertz CT molecular complexity index is 1140. The summed E-state index contributed by atoms with van der Waals surface area (Å²) in [6.07, 6.45) is 1.79. The average Bonchev–Trinajstić information content (AvgIpc) is 2.92. The van der Waals surface area contributed by atoms with Crippen molar-refractivity contribution in [1.82, 2.24) is 4.98 Å². The number of nitrogens with one attached hydrogen (secondary N) is 1. The first kappa shape index (κ1) is 21.0. The van der Waals surface area contributed by atoms with E-state index in [-0.39, 0.29) is 17.2 Å². The van der Waals surface area contributed by atoms with E-state index >= 15 is 0 Å². The number of hydrogen-bond acceptors (Lipinski definition) is 4. The zero-order valence-electron chi connectivity index (χ0n) is 16.4. The molecule has 2 N–H and O–H groups in total. The number of halogens is 2. The minimum absolute atomic E-state index is 0.0824. The lowest BCUT2D eigenvalue weighted by Gasteiger charge is -2.23. The second-order valence-electron chi connectivity index (χ2n) is 7.18. The maximum absolute atomic E-state index is 13.8. The molecule has 2 amide bonds. The van der Waals surface area contributed by atoms with E-state index in [1.807, 2.05) is 0 Å². The molecular formula is C23H19ClFN3O3. The Balaban J connectivity index is 1.54. The number of amides is 2. The molecule has 31 heavy (non-hydrogen) atoms. The van der Waals surface area contributed by atoms with E-state index in [4.69, 9.17) is 11.6 Å². The zero-order valence-corrected chi connectivity index (χ0v) is 17.1. The topological polar surface area (TPSA) is 82.5 Å². The Kier molecular flexibility index (Phi) is 5.97. The Labute approximate surface area is 183 Å². The highest BCUT2D eigenvalue weighted by Gasteiger charge is 2.27. The second kappa shape index (κ2) is 8.83. The first-order valence-electron chi connectivity index (χ1n) is 9.75. The molecule has 8 heteroatoms. The summed E-state index contributed by atoms with van der Waals surface area (Å²) in [5, 5.41) is 13.4. The van der Waals surface area contributed by atoms with Gasteiger partial charge in [0.25, 0.3) is 11.8 Å². The Morgan fingerprint density at radius 2 is 1.97 bits per heavy atom. The molecule has 1 aliphatic rings. The molecule has 1 aromatic heterocycles. The van der Waals surface area contributed by atoms with Gasteiger partial charge in [-0.25, -0.2) is 9.37 Å². The van der Waals surface area contributed by atoms with Crippen molar-refractivity contribution in [2.24, 2.45) is 0 Å². The van der Waals surface area contributed by atoms with Crippen LogP contribution >= 0.6 is 11.6 Å². The van der Waals surface area contributed by atoms with Crippen LogP contribution in [0.25, 0.3) is 0 Å². The molecule has 0 radical (unpaired) electrons. The maximum atomic E-state index is 13.8. The van der Waals surface area contributed by atoms with Gasteiger partial charge in [-0.2, -0.15) is 0 Å². The van der Waals surface area contributed by atoms with Crippen molar-refractivity contribution < 1.29 is 19.1 Å². The van der Waals surface area contributed by atoms with Gasteiger partial charge in [0.15, 0.2) is 0 Å². The van der Waals surface area contributed by atoms with Gasteiger partial charge in [-0.1, -0.05) is 23.7 Å². The van der Waals surface area contributed by atoms with Crippen molar-refractivity contribution in [3.8, 4) is 0 Å². The van der Waals surface area contributed by atoms with Crippen molar-refractivity contribution in [2.75, 3.05) is 16.8 Å². The molecule has 3 aromatic rings. The van der Waals surface area contributed by atoms with Gasteiger partial charge in [0.05, 0.1) is 23.6 Å². The van der Waals surface area contributed by atoms with Crippen molar-refractivity contribution in [3.05, 3.63) is 88.5 Å². The molecule has 1 atom stereocenters. The summed E-state index contributed by atoms with van der Waals surface area (Å²) < 4.78 is 13.8. The number of aliphatic hydroxyl groups is 1. The van der Waals surface area contributed by atoms with Gasteiger partial charge in [0, 0.05) is 22.8 Å². The van der Waals surface area contributed by atoms with Crippen LogP contribution in [0.3, 0.4) is 0 Å². The summed E-state index contributed by atoms with van der Waals surface area (Å²) in [5.41, 5.74) is 1.63. The van der Waals surface area contributed by atoms with Crippen LogP contribution in [0.1, 0.15) is 45.4 Å². The number of hydrogen-bond donors (Lipinski definition) is 2. The molecule has 1 aliphatic heterocycles. The molecule has 0 saturated carbocycles. The number of carbonyl (C=O) groups is 2. The molecular weight excluding hydrogens is 421 g/mol. The van der Waals surface area contributed by atoms with Crippen LogP contribution in [0.2, 0.25) is 5.02 Å². The number of aliphatic hydroxyl groups excluding tert-OH is 1. The predicted molar refractivity (Wildman–Crippen MR) is 116 cm³/mol. The zero-order chi connectivity index (χ0) is 22.0. The summed E-state index contributed by atoms with van der Waals surface area (Å²) in [6, 6.07) is 13.8. The van der Waals surface area contributed by atoms with Gasteiger partial charge in [-0.05, 0) is 55.3 Å². The molecule has 0 bridgehead atoms. The van der Waals surface area contributed by atoms with E-state index in [0.717, 1.165) is 0 Å². The van der Waals surface area contributed by atoms with Gasteiger partial charge in [-0.3, -0.25) is 9.59 Å². The summed E-state index contributed by atoms with van der Waals surface area (Å²) in [6.45, 7) is 0.429. The Morgan fingerprint density at radius 3 is 2.71 bits per heavy atom. The monoisotopic (exact) mass is 439 g/mol. The van der Waals surface area contributed by atoms with E-state index in [1.54, 1.807) is 29.2 Å². The number of pyridine rings is 1. The molecule has 0 spiro atoms. The molecule has 1 unspecified atom stereocenters. The van der Waals surface area contributed by atoms with Crippen molar-refractivity contribution in [1.29, 1.82) is 0 Å². The highest BCUT2D eigenvalue weighted by atomic mass is 35.5. The lowest BCUT2D eigenvalue weighted by atomic mass is 10.0. The van der Waals surface area contributed by atoms with E-state index in [2.05, 4.69) is 10.3 Å². The fourth-order valence-corrected chi connectivity index (χ4v) is 3.72. The number of nitrogens with zero attached hydrogens (tertiary/aromatic N) is 2. The second-order valence-corrected chi connectivity index (χ2v) is 7.62. The standard InChI is InChI=1S/C23H19ClFN3O3/c24-14-7-10-20-17(12-14)21(29)6-3-11-28(20)23(31)19-9-8-15(13-26-19)27-22(30)16-4-1-2-5-18(16)25/h1-2,4-5,7-10,12-13,21,29H,3,6,11H2,(H,27,30). The number of rotatable bonds is 3. The normalized spacial score (nSPS) is 15.7. The minimum Gasteiger partial charge on any atom is -0.388 e. The van der Waals surface area contributed by atoms with Crippen molar-refractivity contribution in [3.63, 3.8) is 0 Å². The summed E-state index contributed by atoms with van der Waals surface area (Å²) in [4.78, 5) is 31.1. The smallest absolute Gasteiger partial charge is 0.276 e. The Morgan fingerprint density at radius 1 is 1.16 bits per heavy atom. The molecule has 2 aromatic carbocycles. The molecule has 158 valence electrons. The van der Waals surface area contributed by atoms with E-state index < -0.39 is 17.8 Å². The van der Waals surface area contributed by atoms with Crippen LogP contribution < -0.4 is 10.2 Å². The van der Waals surface area contributed by atoms with Crippen molar-refractivity contribution >= 4 is 34.8 Å². The number of fused-ring (bicyclic) bond motifs is 1. The fourth-order valence-electron chi connectivity index (χ4n) is 3.54. The molecule has 0 fully saturated rings. The van der Waals surface area contributed by atoms with E-state index in [9.17, 15) is 19.1 Å². The lowest BCUT2D eigenvalue weighted by Crippen LogP contribution is -2.32. The Hall–Kier alpha value is -3.29. The molecule has 4 rings (SSSR count). The van der Waals surface area contributed by atoms with E-state index in [0.29, 0.717) is 41.3 Å². The predicted octanol–water partition coefficient (Wildman–Crippen LogP) is 4.60. The largest absolute Gasteiger partial charge is 0.388 e. The van der Waals surface area contributed by atoms with Gasteiger partial charge < -0.3 is 15.3 Å². The van der Waals surface area contributed by atoms with Gasteiger partial charge in [0.2, 0.25) is 0 Å². The summed E-state index contributed by atoms with van der Waals surface area (Å²) in [7, 11) is 0. The number of carbonyl (C=O) groups excluding carboxylic acids is 2. The van der Waals surface area contributed by atoms with Crippen molar-refractivity contribution in [2.45, 2.75) is 18.9 Å². The van der Waals surface area contributed by atoms with Crippen LogP contribution in [0.4, 0.5) is 15.8 Å². The van der Waals surface area contributed by atoms with Crippen LogP contribution in [0, 0.1) is 5.82 Å².